The summed E-state index contributed by atoms with van der Waals surface area (Å²) < 4.78 is 26.7. The quantitative estimate of drug-likeness (QED) is 0.633. The van der Waals surface area contributed by atoms with E-state index in [0.717, 1.165) is 0 Å². The molecular weight excluding hydrogens is 368 g/mol. The highest BCUT2D eigenvalue weighted by Crippen LogP contribution is 2.09. The zero-order chi connectivity index (χ0) is 20.7. The molecule has 0 spiro atoms. The summed E-state index contributed by atoms with van der Waals surface area (Å²) >= 11 is 0. The highest BCUT2D eigenvalue weighted by atomic mass is 19.1. The largest absolute Gasteiger partial charge is 0.368 e. The van der Waals surface area contributed by atoms with Crippen molar-refractivity contribution in [2.45, 2.75) is 31.8 Å². The predicted molar refractivity (Wildman–Crippen MR) is 98.9 cm³/mol. The van der Waals surface area contributed by atoms with Crippen molar-refractivity contribution in [3.8, 4) is 0 Å². The van der Waals surface area contributed by atoms with E-state index in [4.69, 9.17) is 5.73 Å². The molecule has 3 amide bonds. The molecule has 0 radical (unpaired) electrons. The number of hydrogen-bond donors (Lipinski definition) is 3. The molecule has 0 bridgehead atoms. The number of amides is 3. The summed E-state index contributed by atoms with van der Waals surface area (Å²) in [6, 6.07) is 9.06. The molecule has 4 N–H and O–H groups in total. The van der Waals surface area contributed by atoms with Crippen molar-refractivity contribution >= 4 is 17.7 Å². The maximum absolute atomic E-state index is 13.4. The first-order chi connectivity index (χ1) is 13.2. The number of carbonyl (C=O) groups is 3. The second-order valence-electron chi connectivity index (χ2n) is 6.38. The lowest BCUT2D eigenvalue weighted by molar-refractivity contribution is -0.130. The molecule has 0 saturated carbocycles. The molecule has 28 heavy (non-hydrogen) atoms. The number of nitrogens with two attached hydrogens (primary N) is 1. The molecule has 0 aliphatic carbocycles. The molecule has 148 valence electrons. The van der Waals surface area contributed by atoms with Crippen molar-refractivity contribution in [3.05, 3.63) is 71.3 Å². The molecule has 0 saturated heterocycles. The Labute approximate surface area is 161 Å². The van der Waals surface area contributed by atoms with Crippen LogP contribution in [0.1, 0.15) is 18.1 Å². The maximum atomic E-state index is 13.4. The lowest BCUT2D eigenvalue weighted by atomic mass is 10.0. The second-order valence-corrected chi connectivity index (χ2v) is 6.38. The number of primary amides is 1. The van der Waals surface area contributed by atoms with Crippen molar-refractivity contribution in [3.63, 3.8) is 0 Å². The first-order valence-electron chi connectivity index (χ1n) is 8.60. The molecule has 0 aliphatic heterocycles. The molecule has 0 aliphatic rings. The van der Waals surface area contributed by atoms with Crippen LogP contribution < -0.4 is 16.4 Å². The Morgan fingerprint density at radius 2 is 1.39 bits per heavy atom. The van der Waals surface area contributed by atoms with E-state index < -0.39 is 41.4 Å². The number of hydrogen-bond acceptors (Lipinski definition) is 3. The molecule has 2 aromatic carbocycles. The van der Waals surface area contributed by atoms with Crippen molar-refractivity contribution < 1.29 is 23.2 Å². The predicted octanol–water partition coefficient (Wildman–Crippen LogP) is 1.22. The van der Waals surface area contributed by atoms with Crippen molar-refractivity contribution in [1.29, 1.82) is 0 Å². The minimum Gasteiger partial charge on any atom is -0.368 e. The van der Waals surface area contributed by atoms with Crippen LogP contribution in [0.15, 0.2) is 48.5 Å². The third kappa shape index (κ3) is 6.46. The van der Waals surface area contributed by atoms with Gasteiger partial charge in [-0.2, -0.15) is 0 Å². The van der Waals surface area contributed by atoms with Crippen molar-refractivity contribution in [2.24, 2.45) is 5.73 Å². The molecular formula is C20H21F2N3O3. The minimum absolute atomic E-state index is 0.00834. The van der Waals surface area contributed by atoms with Gasteiger partial charge in [0.2, 0.25) is 17.7 Å². The van der Waals surface area contributed by atoms with Crippen molar-refractivity contribution in [1.82, 2.24) is 10.6 Å². The average Bonchev–Trinajstić information content (AvgIpc) is 2.60. The SMILES string of the molecule is CC(=O)N[C@@H](Cc1cccc(F)c1)C(=O)N[C@@H](Cc1cccc(F)c1)C(N)=O. The molecule has 0 unspecified atom stereocenters. The third-order valence-corrected chi connectivity index (χ3v) is 4.01. The number of nitrogens with one attached hydrogen (secondary N) is 2. The highest BCUT2D eigenvalue weighted by molar-refractivity contribution is 5.91. The van der Waals surface area contributed by atoms with Crippen LogP contribution >= 0.6 is 0 Å². The van der Waals surface area contributed by atoms with Crippen LogP contribution in [0.5, 0.6) is 0 Å². The number of carbonyl (C=O) groups excluding carboxylic acids is 3. The molecule has 0 heterocycles. The summed E-state index contributed by atoms with van der Waals surface area (Å²) in [6.45, 7) is 1.24. The Bertz CT molecular complexity index is 873. The third-order valence-electron chi connectivity index (χ3n) is 4.01. The zero-order valence-electron chi connectivity index (χ0n) is 15.2. The van der Waals surface area contributed by atoms with E-state index in [1.807, 2.05) is 0 Å². The van der Waals surface area contributed by atoms with Gasteiger partial charge >= 0.3 is 0 Å². The van der Waals surface area contributed by atoms with Gasteiger partial charge in [0.1, 0.15) is 23.7 Å². The molecule has 8 heteroatoms. The van der Waals surface area contributed by atoms with Gasteiger partial charge in [0.05, 0.1) is 0 Å². The van der Waals surface area contributed by atoms with Crippen LogP contribution in [-0.2, 0) is 27.2 Å². The Morgan fingerprint density at radius 1 is 0.893 bits per heavy atom. The van der Waals surface area contributed by atoms with Gasteiger partial charge in [-0.05, 0) is 35.4 Å². The smallest absolute Gasteiger partial charge is 0.243 e. The summed E-state index contributed by atoms with van der Waals surface area (Å²) in [5.74, 6) is -2.86. The average molecular weight is 389 g/mol. The fraction of sp³-hybridized carbons (Fsp3) is 0.250. The van der Waals surface area contributed by atoms with Crippen LogP contribution in [-0.4, -0.2) is 29.8 Å². The fourth-order valence-corrected chi connectivity index (χ4v) is 2.75. The topological polar surface area (TPSA) is 101 Å². The number of halogens is 2. The van der Waals surface area contributed by atoms with E-state index in [0.29, 0.717) is 11.1 Å². The zero-order valence-corrected chi connectivity index (χ0v) is 15.2. The van der Waals surface area contributed by atoms with E-state index in [1.54, 1.807) is 12.1 Å². The molecule has 0 fully saturated rings. The molecule has 0 aromatic heterocycles. The maximum Gasteiger partial charge on any atom is 0.243 e. The van der Waals surface area contributed by atoms with Gasteiger partial charge in [-0.25, -0.2) is 8.78 Å². The van der Waals surface area contributed by atoms with E-state index in [1.165, 1.54) is 43.3 Å². The van der Waals surface area contributed by atoms with Gasteiger partial charge in [-0.3, -0.25) is 14.4 Å². The number of benzene rings is 2. The second kappa shape index (κ2) is 9.59. The lowest BCUT2D eigenvalue weighted by Crippen LogP contribution is -2.54. The molecule has 2 aromatic rings. The van der Waals surface area contributed by atoms with Gasteiger partial charge < -0.3 is 16.4 Å². The van der Waals surface area contributed by atoms with Gasteiger partial charge in [0.15, 0.2) is 0 Å². The fourth-order valence-electron chi connectivity index (χ4n) is 2.75. The summed E-state index contributed by atoms with van der Waals surface area (Å²) in [4.78, 5) is 35.9. The van der Waals surface area contributed by atoms with Crippen LogP contribution in [0.3, 0.4) is 0 Å². The van der Waals surface area contributed by atoms with Crippen LogP contribution in [0, 0.1) is 11.6 Å². The van der Waals surface area contributed by atoms with E-state index in [9.17, 15) is 23.2 Å². The van der Waals surface area contributed by atoms with Crippen molar-refractivity contribution in [2.75, 3.05) is 0 Å². The van der Waals surface area contributed by atoms with Crippen LogP contribution in [0.4, 0.5) is 8.78 Å². The Morgan fingerprint density at radius 3 is 1.82 bits per heavy atom. The normalized spacial score (nSPS) is 12.7. The van der Waals surface area contributed by atoms with Gasteiger partial charge in [-0.15, -0.1) is 0 Å². The van der Waals surface area contributed by atoms with E-state index >= 15 is 0 Å². The molecule has 2 rings (SSSR count). The van der Waals surface area contributed by atoms with E-state index in [2.05, 4.69) is 10.6 Å². The standard InChI is InChI=1S/C20H21F2N3O3/c1-12(26)24-18(11-14-5-3-7-16(22)9-14)20(28)25-17(19(23)27)10-13-4-2-6-15(21)8-13/h2-9,17-18H,10-11H2,1H3,(H2,23,27)(H,24,26)(H,25,28)/t17-,18-/m0/s1. The van der Waals surface area contributed by atoms with E-state index in [-0.39, 0.29) is 12.8 Å². The monoisotopic (exact) mass is 389 g/mol. The summed E-state index contributed by atoms with van der Waals surface area (Å²) in [7, 11) is 0. The highest BCUT2D eigenvalue weighted by Gasteiger charge is 2.25. The van der Waals surface area contributed by atoms with Crippen LogP contribution in [0.2, 0.25) is 0 Å². The minimum atomic E-state index is -1.10. The Balaban J connectivity index is 2.14. The first kappa shape index (κ1) is 21.0. The van der Waals surface area contributed by atoms with Crippen LogP contribution in [0.25, 0.3) is 0 Å². The first-order valence-corrected chi connectivity index (χ1v) is 8.60. The molecule has 2 atom stereocenters. The summed E-state index contributed by atoms with van der Waals surface area (Å²) in [5, 5.41) is 4.96. The summed E-state index contributed by atoms with van der Waals surface area (Å²) in [6.07, 6.45) is 0.0141. The Hall–Kier alpha value is -3.29. The van der Waals surface area contributed by atoms with Gasteiger partial charge in [-0.1, -0.05) is 24.3 Å². The number of rotatable bonds is 8. The summed E-state index contributed by atoms with van der Waals surface area (Å²) in [5.41, 5.74) is 6.33. The van der Waals surface area contributed by atoms with Gasteiger partial charge in [0, 0.05) is 19.8 Å². The Kier molecular flexibility index (Phi) is 7.20. The lowest BCUT2D eigenvalue weighted by Gasteiger charge is -2.22. The molecule has 6 nitrogen and oxygen atoms in total. The van der Waals surface area contributed by atoms with Gasteiger partial charge in [0.25, 0.3) is 0 Å².